The topological polar surface area (TPSA) is 71.5 Å². The van der Waals surface area contributed by atoms with E-state index in [2.05, 4.69) is 26.2 Å². The van der Waals surface area contributed by atoms with Gasteiger partial charge in [-0.25, -0.2) is 0 Å². The average Bonchev–Trinajstić information content (AvgIpc) is 2.61. The smallest absolute Gasteiger partial charge is 0.255 e. The minimum atomic E-state index is -0.230. The molecule has 5 nitrogen and oxygen atoms in total. The van der Waals surface area contributed by atoms with E-state index < -0.39 is 0 Å². The second-order valence-electron chi connectivity index (χ2n) is 5.18. The fourth-order valence-electron chi connectivity index (χ4n) is 2.41. The van der Waals surface area contributed by atoms with Crippen molar-refractivity contribution in [3.05, 3.63) is 64.3 Å². The van der Waals surface area contributed by atoms with E-state index in [1.807, 2.05) is 24.3 Å². The van der Waals surface area contributed by atoms with Crippen molar-refractivity contribution >= 4 is 38.4 Å². The quantitative estimate of drug-likeness (QED) is 0.716. The maximum absolute atomic E-state index is 12.4. The zero-order valence-corrected chi connectivity index (χ0v) is 14.5. The number of rotatable bonds is 4. The molecule has 0 aliphatic carbocycles. The number of halogens is 1. The molecule has 0 unspecified atom stereocenters. The van der Waals surface area contributed by atoms with Gasteiger partial charge in [0.15, 0.2) is 5.75 Å². The highest BCUT2D eigenvalue weighted by Crippen LogP contribution is 2.33. The first-order valence-electron chi connectivity index (χ1n) is 7.26. The lowest BCUT2D eigenvalue weighted by Gasteiger charge is -2.13. The minimum absolute atomic E-state index is 0.0761. The first-order chi connectivity index (χ1) is 11.6. The summed E-state index contributed by atoms with van der Waals surface area (Å²) in [6.07, 6.45) is 1.59. The van der Waals surface area contributed by atoms with E-state index >= 15 is 0 Å². The normalized spacial score (nSPS) is 10.6. The number of hydrogen-bond acceptors (Lipinski definition) is 4. The van der Waals surface area contributed by atoms with Gasteiger partial charge < -0.3 is 15.2 Å². The average molecular weight is 387 g/mol. The number of hydrogen-bond donors (Lipinski definition) is 2. The standard InChI is InChI=1S/C18H15BrN2O3/c1-24-17-15(21-18(23)12-2-5-14(19)6-3-12)7-4-13-8-11(10-22)9-20-16(13)17/h2-9,22H,10H2,1H3,(H,21,23). The Morgan fingerprint density at radius 1 is 1.25 bits per heavy atom. The number of nitrogens with one attached hydrogen (secondary N) is 1. The van der Waals surface area contributed by atoms with Crippen LogP contribution in [-0.2, 0) is 6.61 Å². The number of aliphatic hydroxyl groups excluding tert-OH is 1. The number of ether oxygens (including phenoxy) is 1. The van der Waals surface area contributed by atoms with Crippen LogP contribution >= 0.6 is 15.9 Å². The molecule has 0 aliphatic heterocycles. The molecule has 1 amide bonds. The van der Waals surface area contributed by atoms with Crippen molar-refractivity contribution < 1.29 is 14.6 Å². The summed E-state index contributed by atoms with van der Waals surface area (Å²) in [6, 6.07) is 12.5. The van der Waals surface area contributed by atoms with Crippen LogP contribution in [0, 0.1) is 0 Å². The molecular weight excluding hydrogens is 372 g/mol. The maximum atomic E-state index is 12.4. The predicted octanol–water partition coefficient (Wildman–Crippen LogP) is 3.75. The molecule has 0 spiro atoms. The van der Waals surface area contributed by atoms with E-state index in [1.165, 1.54) is 7.11 Å². The van der Waals surface area contributed by atoms with Gasteiger partial charge in [-0.2, -0.15) is 0 Å². The van der Waals surface area contributed by atoms with Gasteiger partial charge in [-0.05, 0) is 42.0 Å². The molecule has 0 fully saturated rings. The molecular formula is C18H15BrN2O3. The molecule has 2 N–H and O–H groups in total. The molecule has 24 heavy (non-hydrogen) atoms. The summed E-state index contributed by atoms with van der Waals surface area (Å²) in [4.78, 5) is 16.7. The van der Waals surface area contributed by atoms with E-state index in [1.54, 1.807) is 24.4 Å². The second kappa shape index (κ2) is 6.98. The summed E-state index contributed by atoms with van der Waals surface area (Å²) >= 11 is 3.35. The Morgan fingerprint density at radius 3 is 2.67 bits per heavy atom. The molecule has 3 aromatic rings. The summed E-state index contributed by atoms with van der Waals surface area (Å²) in [6.45, 7) is -0.0761. The van der Waals surface area contributed by atoms with Crippen LogP contribution in [0.25, 0.3) is 10.9 Å². The number of amides is 1. The Kier molecular flexibility index (Phi) is 4.78. The number of carbonyl (C=O) groups is 1. The lowest BCUT2D eigenvalue weighted by atomic mass is 10.1. The lowest BCUT2D eigenvalue weighted by molar-refractivity contribution is 0.102. The summed E-state index contributed by atoms with van der Waals surface area (Å²) in [7, 11) is 1.53. The molecule has 1 heterocycles. The van der Waals surface area contributed by atoms with Gasteiger partial charge in [-0.15, -0.1) is 0 Å². The fourth-order valence-corrected chi connectivity index (χ4v) is 2.67. The zero-order valence-electron chi connectivity index (χ0n) is 12.9. The number of carbonyl (C=O) groups excluding carboxylic acids is 1. The van der Waals surface area contributed by atoms with E-state index in [9.17, 15) is 9.90 Å². The van der Waals surface area contributed by atoms with Crippen LogP contribution in [0.3, 0.4) is 0 Å². The Labute approximate surface area is 147 Å². The third-order valence-electron chi connectivity index (χ3n) is 3.60. The summed E-state index contributed by atoms with van der Waals surface area (Å²) in [5, 5.41) is 12.9. The number of methoxy groups -OCH3 is 1. The number of aliphatic hydroxyl groups is 1. The van der Waals surface area contributed by atoms with Crippen molar-refractivity contribution in [2.24, 2.45) is 0 Å². The molecule has 0 bridgehead atoms. The van der Waals surface area contributed by atoms with E-state index in [0.29, 0.717) is 22.5 Å². The van der Waals surface area contributed by atoms with E-state index in [-0.39, 0.29) is 12.5 Å². The molecule has 0 radical (unpaired) electrons. The van der Waals surface area contributed by atoms with E-state index in [4.69, 9.17) is 4.74 Å². The highest BCUT2D eigenvalue weighted by molar-refractivity contribution is 9.10. The van der Waals surface area contributed by atoms with Crippen molar-refractivity contribution in [1.29, 1.82) is 0 Å². The molecule has 3 rings (SSSR count). The van der Waals surface area contributed by atoms with Gasteiger partial charge >= 0.3 is 0 Å². The first-order valence-corrected chi connectivity index (χ1v) is 8.05. The Balaban J connectivity index is 1.97. The number of nitrogens with zero attached hydrogens (tertiary/aromatic N) is 1. The monoisotopic (exact) mass is 386 g/mol. The van der Waals surface area contributed by atoms with Gasteiger partial charge in [-0.1, -0.05) is 22.0 Å². The van der Waals surface area contributed by atoms with Gasteiger partial charge in [0.1, 0.15) is 5.52 Å². The third-order valence-corrected chi connectivity index (χ3v) is 4.13. The van der Waals surface area contributed by atoms with Crippen molar-refractivity contribution in [3.8, 4) is 5.75 Å². The SMILES string of the molecule is COc1c(NC(=O)c2ccc(Br)cc2)ccc2cc(CO)cnc12. The Bertz CT molecular complexity index is 895. The Hall–Kier alpha value is -2.44. The Morgan fingerprint density at radius 2 is 2.00 bits per heavy atom. The molecule has 2 aromatic carbocycles. The van der Waals surface area contributed by atoms with Crippen LogP contribution in [0.4, 0.5) is 5.69 Å². The summed E-state index contributed by atoms with van der Waals surface area (Å²) in [5.41, 5.74) is 2.44. The van der Waals surface area contributed by atoms with Crippen molar-refractivity contribution in [2.75, 3.05) is 12.4 Å². The zero-order chi connectivity index (χ0) is 17.1. The largest absolute Gasteiger partial charge is 0.492 e. The van der Waals surface area contributed by atoms with Crippen LogP contribution in [0.15, 0.2) is 53.1 Å². The van der Waals surface area contributed by atoms with Gasteiger partial charge in [0, 0.05) is 21.6 Å². The number of benzene rings is 2. The molecule has 6 heteroatoms. The number of fused-ring (bicyclic) bond motifs is 1. The molecule has 0 saturated heterocycles. The van der Waals surface area contributed by atoms with Gasteiger partial charge in [0.2, 0.25) is 0 Å². The molecule has 122 valence electrons. The number of anilines is 1. The summed E-state index contributed by atoms with van der Waals surface area (Å²) < 4.78 is 6.35. The van der Waals surface area contributed by atoms with Crippen molar-refractivity contribution in [3.63, 3.8) is 0 Å². The van der Waals surface area contributed by atoms with Crippen LogP contribution < -0.4 is 10.1 Å². The molecule has 1 aromatic heterocycles. The number of pyridine rings is 1. The predicted molar refractivity (Wildman–Crippen MR) is 96.3 cm³/mol. The lowest BCUT2D eigenvalue weighted by Crippen LogP contribution is -2.12. The molecule has 0 aliphatic rings. The van der Waals surface area contributed by atoms with Crippen molar-refractivity contribution in [2.45, 2.75) is 6.61 Å². The van der Waals surface area contributed by atoms with Crippen LogP contribution in [0.5, 0.6) is 5.75 Å². The van der Waals surface area contributed by atoms with Gasteiger partial charge in [0.05, 0.1) is 19.4 Å². The third kappa shape index (κ3) is 3.25. The van der Waals surface area contributed by atoms with Crippen LogP contribution in [0.2, 0.25) is 0 Å². The van der Waals surface area contributed by atoms with Gasteiger partial charge in [-0.3, -0.25) is 9.78 Å². The highest BCUT2D eigenvalue weighted by Gasteiger charge is 2.13. The van der Waals surface area contributed by atoms with Crippen molar-refractivity contribution in [1.82, 2.24) is 4.98 Å². The van der Waals surface area contributed by atoms with E-state index in [0.717, 1.165) is 15.4 Å². The first kappa shape index (κ1) is 16.4. The highest BCUT2D eigenvalue weighted by atomic mass is 79.9. The second-order valence-corrected chi connectivity index (χ2v) is 6.10. The van der Waals surface area contributed by atoms with Crippen LogP contribution in [0.1, 0.15) is 15.9 Å². The molecule has 0 atom stereocenters. The maximum Gasteiger partial charge on any atom is 0.255 e. The summed E-state index contributed by atoms with van der Waals surface area (Å²) in [5.74, 6) is 0.259. The minimum Gasteiger partial charge on any atom is -0.492 e. The fraction of sp³-hybridized carbons (Fsp3) is 0.111. The number of aromatic nitrogens is 1. The van der Waals surface area contributed by atoms with Gasteiger partial charge in [0.25, 0.3) is 5.91 Å². The van der Waals surface area contributed by atoms with Crippen LogP contribution in [-0.4, -0.2) is 23.1 Å². The molecule has 0 saturated carbocycles.